The maximum Gasteiger partial charge on any atom is 0.194 e. The topological polar surface area (TPSA) is 17.1 Å². The van der Waals surface area contributed by atoms with Crippen LogP contribution in [0.1, 0.15) is 31.9 Å². The monoisotopic (exact) mass is 492 g/mol. The van der Waals surface area contributed by atoms with Gasteiger partial charge in [0, 0.05) is 25.8 Å². The van der Waals surface area contributed by atoms with Gasteiger partial charge in [-0.1, -0.05) is 83.7 Å². The molecule has 0 aliphatic rings. The molecule has 0 aliphatic heterocycles. The predicted molar refractivity (Wildman–Crippen MR) is 99.2 cm³/mol. The van der Waals surface area contributed by atoms with Gasteiger partial charge in [0.25, 0.3) is 0 Å². The van der Waals surface area contributed by atoms with E-state index in [1.165, 1.54) is 0 Å². The Kier molecular flexibility index (Phi) is 6.06. The minimum atomic E-state index is -0.0720. The van der Waals surface area contributed by atoms with Crippen LogP contribution in [-0.2, 0) is 0 Å². The molecule has 0 aliphatic carbocycles. The van der Waals surface area contributed by atoms with Crippen LogP contribution < -0.4 is 0 Å². The summed E-state index contributed by atoms with van der Waals surface area (Å²) in [5.74, 6) is -0.0720. The Morgan fingerprint density at radius 3 is 2.43 bits per heavy atom. The SMILES string of the molecule is Cc1cc(Cl)c(C(=O)c2ccc(C(Br)CBr)cc2)cc1Br. The second-order valence-electron chi connectivity index (χ2n) is 4.65. The summed E-state index contributed by atoms with van der Waals surface area (Å²) in [6.45, 7) is 1.94. The summed E-state index contributed by atoms with van der Waals surface area (Å²) in [5.41, 5.74) is 3.27. The lowest BCUT2D eigenvalue weighted by molar-refractivity contribution is 0.103. The maximum atomic E-state index is 12.6. The third kappa shape index (κ3) is 3.98. The van der Waals surface area contributed by atoms with Gasteiger partial charge < -0.3 is 0 Å². The average molecular weight is 495 g/mol. The molecule has 21 heavy (non-hydrogen) atoms. The Bertz CT molecular complexity index is 668. The van der Waals surface area contributed by atoms with E-state index in [0.717, 1.165) is 20.9 Å². The highest BCUT2D eigenvalue weighted by molar-refractivity contribution is 9.12. The second kappa shape index (κ2) is 7.40. The molecular formula is C16H12Br3ClO. The van der Waals surface area contributed by atoms with Crippen LogP contribution in [0.25, 0.3) is 0 Å². The first-order valence-electron chi connectivity index (χ1n) is 6.24. The number of aryl methyl sites for hydroxylation is 1. The van der Waals surface area contributed by atoms with Gasteiger partial charge in [-0.15, -0.1) is 0 Å². The second-order valence-corrected chi connectivity index (χ2v) is 7.67. The van der Waals surface area contributed by atoms with Gasteiger partial charge in [-0.25, -0.2) is 0 Å². The van der Waals surface area contributed by atoms with Crippen molar-refractivity contribution in [1.29, 1.82) is 0 Å². The molecule has 0 radical (unpaired) electrons. The molecule has 0 saturated heterocycles. The van der Waals surface area contributed by atoms with Crippen LogP contribution in [0.2, 0.25) is 5.02 Å². The van der Waals surface area contributed by atoms with Crippen LogP contribution in [-0.4, -0.2) is 11.1 Å². The van der Waals surface area contributed by atoms with Crippen LogP contribution in [0.15, 0.2) is 40.9 Å². The summed E-state index contributed by atoms with van der Waals surface area (Å²) in [5, 5.41) is 1.29. The van der Waals surface area contributed by atoms with E-state index in [4.69, 9.17) is 11.6 Å². The quantitative estimate of drug-likeness (QED) is 0.351. The van der Waals surface area contributed by atoms with E-state index in [0.29, 0.717) is 16.1 Å². The van der Waals surface area contributed by atoms with Gasteiger partial charge in [0.1, 0.15) is 0 Å². The van der Waals surface area contributed by atoms with Crippen molar-refractivity contribution in [2.45, 2.75) is 11.8 Å². The first-order valence-corrected chi connectivity index (χ1v) is 9.45. The van der Waals surface area contributed by atoms with Crippen molar-refractivity contribution in [1.82, 2.24) is 0 Å². The van der Waals surface area contributed by atoms with Crippen molar-refractivity contribution in [3.63, 3.8) is 0 Å². The molecule has 0 saturated carbocycles. The molecule has 0 spiro atoms. The lowest BCUT2D eigenvalue weighted by Gasteiger charge is -2.09. The smallest absolute Gasteiger partial charge is 0.194 e. The fourth-order valence-electron chi connectivity index (χ4n) is 1.91. The fraction of sp³-hybridized carbons (Fsp3) is 0.188. The molecule has 0 aromatic heterocycles. The normalized spacial score (nSPS) is 12.2. The zero-order valence-corrected chi connectivity index (χ0v) is 16.7. The molecular weight excluding hydrogens is 483 g/mol. The summed E-state index contributed by atoms with van der Waals surface area (Å²) < 4.78 is 0.881. The lowest BCUT2D eigenvalue weighted by atomic mass is 10.0. The molecule has 0 bridgehead atoms. The Hall–Kier alpha value is -0.160. The van der Waals surface area contributed by atoms with Crippen molar-refractivity contribution in [2.24, 2.45) is 0 Å². The molecule has 2 aromatic carbocycles. The van der Waals surface area contributed by atoms with Crippen molar-refractivity contribution in [3.05, 3.63) is 68.1 Å². The van der Waals surface area contributed by atoms with Crippen molar-refractivity contribution in [3.8, 4) is 0 Å². The molecule has 0 fully saturated rings. The van der Waals surface area contributed by atoms with E-state index < -0.39 is 0 Å². The number of benzene rings is 2. The summed E-state index contributed by atoms with van der Waals surface area (Å²) in [7, 11) is 0. The highest BCUT2D eigenvalue weighted by atomic mass is 79.9. The Morgan fingerprint density at radius 2 is 1.86 bits per heavy atom. The van der Waals surface area contributed by atoms with Crippen LogP contribution in [0.3, 0.4) is 0 Å². The standard InChI is InChI=1S/C16H12Br3ClO/c1-9-6-15(20)12(7-13(9)18)16(21)11-4-2-10(3-5-11)14(19)8-17/h2-7,14H,8H2,1H3. The summed E-state index contributed by atoms with van der Waals surface area (Å²) in [6, 6.07) is 11.1. The number of carbonyl (C=O) groups excluding carboxylic acids is 1. The lowest BCUT2D eigenvalue weighted by Crippen LogP contribution is -2.03. The summed E-state index contributed by atoms with van der Waals surface area (Å²) >= 11 is 16.6. The van der Waals surface area contributed by atoms with Crippen molar-refractivity contribution >= 4 is 65.2 Å². The number of carbonyl (C=O) groups is 1. The largest absolute Gasteiger partial charge is 0.289 e. The van der Waals surface area contributed by atoms with Crippen LogP contribution >= 0.6 is 59.4 Å². The summed E-state index contributed by atoms with van der Waals surface area (Å²) in [6.07, 6.45) is 0. The minimum absolute atomic E-state index is 0.0720. The molecule has 0 heterocycles. The van der Waals surface area contributed by atoms with Gasteiger partial charge in [-0.05, 0) is 30.2 Å². The van der Waals surface area contributed by atoms with Gasteiger partial charge >= 0.3 is 0 Å². The number of halogens is 4. The zero-order valence-electron chi connectivity index (χ0n) is 11.2. The Labute approximate surface area is 154 Å². The Balaban J connectivity index is 2.34. The average Bonchev–Trinajstić information content (AvgIpc) is 2.49. The van der Waals surface area contributed by atoms with Gasteiger partial charge in [0.05, 0.1) is 5.02 Å². The molecule has 0 amide bonds. The van der Waals surface area contributed by atoms with Gasteiger partial charge in [0.15, 0.2) is 5.78 Å². The maximum absolute atomic E-state index is 12.6. The van der Waals surface area contributed by atoms with Crippen LogP contribution in [0.5, 0.6) is 0 Å². The van der Waals surface area contributed by atoms with E-state index in [1.54, 1.807) is 12.1 Å². The van der Waals surface area contributed by atoms with Crippen molar-refractivity contribution < 1.29 is 4.79 Å². The van der Waals surface area contributed by atoms with Crippen molar-refractivity contribution in [2.75, 3.05) is 5.33 Å². The number of hydrogen-bond donors (Lipinski definition) is 0. The minimum Gasteiger partial charge on any atom is -0.289 e. The molecule has 5 heteroatoms. The van der Waals surface area contributed by atoms with E-state index in [-0.39, 0.29) is 10.6 Å². The van der Waals surface area contributed by atoms with E-state index in [9.17, 15) is 4.79 Å². The first-order chi connectivity index (χ1) is 9.93. The molecule has 1 unspecified atom stereocenters. The summed E-state index contributed by atoms with van der Waals surface area (Å²) in [4.78, 5) is 12.8. The number of alkyl halides is 2. The van der Waals surface area contributed by atoms with Gasteiger partial charge in [-0.3, -0.25) is 4.79 Å². The van der Waals surface area contributed by atoms with Crippen LogP contribution in [0.4, 0.5) is 0 Å². The number of hydrogen-bond acceptors (Lipinski definition) is 1. The van der Waals surface area contributed by atoms with E-state index >= 15 is 0 Å². The molecule has 1 atom stereocenters. The molecule has 0 N–H and O–H groups in total. The van der Waals surface area contributed by atoms with Gasteiger partial charge in [0.2, 0.25) is 0 Å². The Morgan fingerprint density at radius 1 is 1.24 bits per heavy atom. The number of ketones is 1. The first kappa shape index (κ1) is 17.2. The highest BCUT2D eigenvalue weighted by Gasteiger charge is 2.15. The molecule has 1 nitrogen and oxygen atoms in total. The third-order valence-corrected chi connectivity index (χ3v) is 6.70. The fourth-order valence-corrected chi connectivity index (χ4v) is 3.23. The highest BCUT2D eigenvalue weighted by Crippen LogP contribution is 2.28. The molecule has 2 aromatic rings. The number of rotatable bonds is 4. The zero-order chi connectivity index (χ0) is 15.6. The van der Waals surface area contributed by atoms with E-state index in [1.807, 2.05) is 31.2 Å². The predicted octanol–water partition coefficient (Wildman–Crippen LogP) is 6.47. The van der Waals surface area contributed by atoms with Gasteiger partial charge in [-0.2, -0.15) is 0 Å². The molecule has 110 valence electrons. The van der Waals surface area contributed by atoms with Crippen LogP contribution in [0, 0.1) is 6.92 Å². The van der Waals surface area contributed by atoms with E-state index in [2.05, 4.69) is 47.8 Å². The molecule has 2 rings (SSSR count). The third-order valence-electron chi connectivity index (χ3n) is 3.16.